The van der Waals surface area contributed by atoms with Crippen LogP contribution in [-0.4, -0.2) is 24.6 Å². The third-order valence-electron chi connectivity index (χ3n) is 4.53. The van der Waals surface area contributed by atoms with Gasteiger partial charge in [-0.1, -0.05) is 30.3 Å². The van der Waals surface area contributed by atoms with Gasteiger partial charge < -0.3 is 4.55 Å². The van der Waals surface area contributed by atoms with Crippen LogP contribution in [0.2, 0.25) is 0 Å². The lowest BCUT2D eigenvalue weighted by atomic mass is 10.1. The zero-order valence-corrected chi connectivity index (χ0v) is 16.9. The Morgan fingerprint density at radius 1 is 1.07 bits per heavy atom. The molecule has 0 bridgehead atoms. The van der Waals surface area contributed by atoms with E-state index in [-0.39, 0.29) is 18.1 Å². The normalized spacial score (nSPS) is 11.8. The van der Waals surface area contributed by atoms with Crippen molar-refractivity contribution in [2.24, 2.45) is 0 Å². The predicted octanol–water partition coefficient (Wildman–Crippen LogP) is 3.09. The summed E-state index contributed by atoms with van der Waals surface area (Å²) in [7, 11) is -4.22. The molecule has 0 aliphatic rings. The monoisotopic (exact) mass is 410 g/mol. The van der Waals surface area contributed by atoms with Gasteiger partial charge >= 0.3 is 0 Å². The van der Waals surface area contributed by atoms with E-state index in [1.807, 2.05) is 77.5 Å². The molecule has 0 aliphatic carbocycles. The van der Waals surface area contributed by atoms with Gasteiger partial charge in [0.05, 0.1) is 15.5 Å². The molecule has 3 rings (SSSR count). The summed E-state index contributed by atoms with van der Waals surface area (Å²) in [6.45, 7) is 1.94. The molecule has 7 heteroatoms. The van der Waals surface area contributed by atoms with E-state index < -0.39 is 10.1 Å². The summed E-state index contributed by atoms with van der Waals surface area (Å²) in [5, 5.41) is 0.966. The lowest BCUT2D eigenvalue weighted by molar-refractivity contribution is -0.671. The van der Waals surface area contributed by atoms with Crippen molar-refractivity contribution < 1.29 is 22.3 Å². The van der Waals surface area contributed by atoms with Gasteiger partial charge in [-0.2, -0.15) is 4.57 Å². The summed E-state index contributed by atoms with van der Waals surface area (Å²) in [4.78, 5) is 13.7. The highest BCUT2D eigenvalue weighted by Crippen LogP contribution is 2.19. The van der Waals surface area contributed by atoms with Crippen LogP contribution in [0.3, 0.4) is 0 Å². The third-order valence-corrected chi connectivity index (χ3v) is 5.32. The van der Waals surface area contributed by atoms with Crippen molar-refractivity contribution >= 4 is 38.7 Å². The van der Waals surface area contributed by atoms with Crippen molar-refractivity contribution in [3.8, 4) is 0 Å². The molecule has 1 heterocycles. The average molecular weight is 410 g/mol. The van der Waals surface area contributed by atoms with Gasteiger partial charge in [0.25, 0.3) is 0 Å². The Kier molecular flexibility index (Phi) is 6.41. The number of anilines is 1. The minimum absolute atomic E-state index is 0.0958. The highest BCUT2D eigenvalue weighted by atomic mass is 32.2. The van der Waals surface area contributed by atoms with E-state index in [1.54, 1.807) is 11.1 Å². The van der Waals surface area contributed by atoms with Crippen LogP contribution in [0.4, 0.5) is 5.69 Å². The first kappa shape index (κ1) is 20.7. The Morgan fingerprint density at radius 3 is 2.45 bits per heavy atom. The first-order valence-corrected chi connectivity index (χ1v) is 10.8. The number of aryl methyl sites for hydroxylation is 1. The van der Waals surface area contributed by atoms with E-state index in [0.29, 0.717) is 6.54 Å². The highest BCUT2D eigenvalue weighted by Gasteiger charge is 2.12. The fourth-order valence-corrected chi connectivity index (χ4v) is 3.66. The Balaban J connectivity index is 1.91. The number of nitrogens with zero attached hydrogens (tertiary/aromatic N) is 2. The number of carbonyl (C=O) groups is 1. The van der Waals surface area contributed by atoms with Crippen LogP contribution < -0.4 is 9.47 Å². The molecule has 0 aliphatic heterocycles. The fourth-order valence-electron chi connectivity index (χ4n) is 3.18. The van der Waals surface area contributed by atoms with Gasteiger partial charge in [0.2, 0.25) is 11.4 Å². The average Bonchev–Trinajstić information content (AvgIpc) is 2.69. The second kappa shape index (κ2) is 8.98. The van der Waals surface area contributed by atoms with Gasteiger partial charge in [0.15, 0.2) is 6.20 Å². The molecular formula is C22H22N2O4S. The van der Waals surface area contributed by atoms with Crippen molar-refractivity contribution in [3.05, 3.63) is 78.6 Å². The molecule has 29 heavy (non-hydrogen) atoms. The second-order valence-corrected chi connectivity index (χ2v) is 8.16. The SMILES string of the molecule is CC(=O)N(/C=C/c1cc[n+](CCCS(=O)(=O)[O-])c2ccccc12)c1ccccc1. The van der Waals surface area contributed by atoms with Crippen molar-refractivity contribution in [2.45, 2.75) is 19.9 Å². The molecule has 1 amide bonds. The molecule has 0 fully saturated rings. The molecule has 0 radical (unpaired) electrons. The number of amides is 1. The van der Waals surface area contributed by atoms with E-state index in [0.717, 1.165) is 22.2 Å². The predicted molar refractivity (Wildman–Crippen MR) is 112 cm³/mol. The number of benzene rings is 2. The van der Waals surface area contributed by atoms with Crippen LogP contribution in [0.15, 0.2) is 73.1 Å². The zero-order chi connectivity index (χ0) is 20.9. The summed E-state index contributed by atoms with van der Waals surface area (Å²) in [5.74, 6) is -0.484. The Bertz CT molecular complexity index is 1140. The van der Waals surface area contributed by atoms with Crippen molar-refractivity contribution in [1.82, 2.24) is 0 Å². The largest absolute Gasteiger partial charge is 0.748 e. The first-order valence-electron chi connectivity index (χ1n) is 9.23. The maximum Gasteiger partial charge on any atom is 0.227 e. The molecular weight excluding hydrogens is 388 g/mol. The lowest BCUT2D eigenvalue weighted by Crippen LogP contribution is -2.35. The smallest absolute Gasteiger partial charge is 0.227 e. The number of fused-ring (bicyclic) bond motifs is 1. The quantitative estimate of drug-likeness (QED) is 0.443. The summed E-state index contributed by atoms with van der Waals surface area (Å²) in [6, 6.07) is 19.0. The molecule has 0 N–H and O–H groups in total. The number of pyridine rings is 1. The topological polar surface area (TPSA) is 81.4 Å². The lowest BCUT2D eigenvalue weighted by Gasteiger charge is -2.16. The molecule has 0 atom stereocenters. The van der Waals surface area contributed by atoms with Gasteiger partial charge in [-0.15, -0.1) is 0 Å². The van der Waals surface area contributed by atoms with Gasteiger partial charge in [-0.05, 0) is 29.8 Å². The Labute approximate surface area is 170 Å². The second-order valence-electron chi connectivity index (χ2n) is 6.64. The van der Waals surface area contributed by atoms with Crippen molar-refractivity contribution in [3.63, 3.8) is 0 Å². The third kappa shape index (κ3) is 5.49. The highest BCUT2D eigenvalue weighted by molar-refractivity contribution is 7.85. The molecule has 150 valence electrons. The molecule has 6 nitrogen and oxygen atoms in total. The number of para-hydroxylation sites is 2. The van der Waals surface area contributed by atoms with Gasteiger partial charge in [0.1, 0.15) is 6.54 Å². The first-order chi connectivity index (χ1) is 13.8. The van der Waals surface area contributed by atoms with E-state index in [9.17, 15) is 17.8 Å². The van der Waals surface area contributed by atoms with Crippen LogP contribution in [0.5, 0.6) is 0 Å². The van der Waals surface area contributed by atoms with Crippen LogP contribution in [-0.2, 0) is 21.5 Å². The van der Waals surface area contributed by atoms with E-state index in [4.69, 9.17) is 0 Å². The number of rotatable bonds is 7. The van der Waals surface area contributed by atoms with Crippen LogP contribution in [0.1, 0.15) is 18.9 Å². The van der Waals surface area contributed by atoms with Gasteiger partial charge in [0, 0.05) is 43.1 Å². The zero-order valence-electron chi connectivity index (χ0n) is 16.1. The molecule has 2 aromatic carbocycles. The minimum atomic E-state index is -4.22. The standard InChI is InChI=1S/C22H22N2O4S/c1-18(25)24(20-8-3-2-4-9-20)16-13-19-12-15-23(14-7-17-29(26,27)28)22-11-6-5-10-21(19)22/h2-6,8-13,15-16H,7,14,17H2,1H3. The van der Waals surface area contributed by atoms with Crippen molar-refractivity contribution in [2.75, 3.05) is 10.7 Å². The number of hydrogen-bond donors (Lipinski definition) is 0. The summed E-state index contributed by atoms with van der Waals surface area (Å²) < 4.78 is 34.5. The molecule has 0 spiro atoms. The minimum Gasteiger partial charge on any atom is -0.748 e. The van der Waals surface area contributed by atoms with Crippen molar-refractivity contribution in [1.29, 1.82) is 0 Å². The maximum atomic E-state index is 12.1. The molecule has 1 aromatic heterocycles. The summed E-state index contributed by atoms with van der Waals surface area (Å²) in [5.41, 5.74) is 2.63. The molecule has 0 unspecified atom stereocenters. The van der Waals surface area contributed by atoms with Gasteiger partial charge in [-0.25, -0.2) is 8.42 Å². The van der Waals surface area contributed by atoms with Crippen LogP contribution >= 0.6 is 0 Å². The number of aromatic nitrogens is 1. The van der Waals surface area contributed by atoms with E-state index in [1.165, 1.54) is 6.92 Å². The molecule has 0 saturated heterocycles. The summed E-state index contributed by atoms with van der Waals surface area (Å²) >= 11 is 0. The summed E-state index contributed by atoms with van der Waals surface area (Å²) in [6.07, 6.45) is 5.73. The molecule has 3 aromatic rings. The molecule has 0 saturated carbocycles. The van der Waals surface area contributed by atoms with Crippen LogP contribution in [0, 0.1) is 0 Å². The Morgan fingerprint density at radius 2 is 1.76 bits per heavy atom. The number of hydrogen-bond acceptors (Lipinski definition) is 4. The van der Waals surface area contributed by atoms with E-state index in [2.05, 4.69) is 0 Å². The van der Waals surface area contributed by atoms with Crippen LogP contribution in [0.25, 0.3) is 17.0 Å². The van der Waals surface area contributed by atoms with E-state index >= 15 is 0 Å². The van der Waals surface area contributed by atoms with Gasteiger partial charge in [-0.3, -0.25) is 9.69 Å². The maximum absolute atomic E-state index is 12.1. The fraction of sp³-hybridized carbons (Fsp3) is 0.182. The Hall–Kier alpha value is -3.03. The number of carbonyl (C=O) groups excluding carboxylic acids is 1.